The maximum Gasteiger partial charge on any atom is 0.272 e. The maximum absolute atomic E-state index is 12.5. The molecule has 1 amide bonds. The molecule has 0 bridgehead atoms. The largest absolute Gasteiger partial charge is 0.353 e. The molecule has 0 aliphatic heterocycles. The highest BCUT2D eigenvalue weighted by atomic mass is 35.5. The predicted molar refractivity (Wildman–Crippen MR) is 106 cm³/mol. The van der Waals surface area contributed by atoms with E-state index in [0.717, 1.165) is 11.3 Å². The fourth-order valence-corrected chi connectivity index (χ4v) is 2.82. The number of hydrogen-bond acceptors (Lipinski definition) is 3. The Morgan fingerprint density at radius 3 is 2.50 bits per heavy atom. The Kier molecular flexibility index (Phi) is 5.76. The maximum atomic E-state index is 12.5. The van der Waals surface area contributed by atoms with E-state index in [0.29, 0.717) is 28.0 Å². The molecule has 0 aliphatic carbocycles. The Labute approximate surface area is 162 Å². The van der Waals surface area contributed by atoms with Crippen molar-refractivity contribution >= 4 is 40.5 Å². The zero-order chi connectivity index (χ0) is 18.5. The van der Waals surface area contributed by atoms with E-state index < -0.39 is 0 Å². The van der Waals surface area contributed by atoms with Crippen LogP contribution in [0.25, 0.3) is 0 Å². The van der Waals surface area contributed by atoms with Crippen LogP contribution in [0.4, 0.5) is 11.4 Å². The Morgan fingerprint density at radius 2 is 1.81 bits per heavy atom. The Morgan fingerprint density at radius 1 is 1.04 bits per heavy atom. The molecule has 1 N–H and O–H groups in total. The average Bonchev–Trinajstić information content (AvgIpc) is 2.66. The van der Waals surface area contributed by atoms with Crippen LogP contribution in [0.2, 0.25) is 10.0 Å². The van der Waals surface area contributed by atoms with Crippen LogP contribution in [0, 0.1) is 0 Å². The van der Waals surface area contributed by atoms with Crippen LogP contribution in [0.1, 0.15) is 16.1 Å². The molecule has 3 aromatic rings. The molecule has 0 fully saturated rings. The standard InChI is InChI=1S/C20H17Cl2N3O/c1-25(13-14-6-3-2-4-7-14)20(26)18-11-10-15(12-23-18)24-17-9-5-8-16(21)19(17)22/h2-12,24H,13H2,1H3. The van der Waals surface area contributed by atoms with Crippen LogP contribution in [-0.2, 0) is 6.54 Å². The van der Waals surface area contributed by atoms with Crippen LogP contribution < -0.4 is 5.32 Å². The van der Waals surface area contributed by atoms with Gasteiger partial charge in [-0.05, 0) is 29.8 Å². The van der Waals surface area contributed by atoms with Gasteiger partial charge in [0.1, 0.15) is 5.69 Å². The number of halogens is 2. The van der Waals surface area contributed by atoms with Gasteiger partial charge in [-0.15, -0.1) is 0 Å². The minimum atomic E-state index is -0.138. The molecular weight excluding hydrogens is 369 g/mol. The van der Waals surface area contributed by atoms with Gasteiger partial charge in [-0.3, -0.25) is 4.79 Å². The number of benzene rings is 2. The van der Waals surface area contributed by atoms with Crippen LogP contribution in [0.15, 0.2) is 66.9 Å². The number of amides is 1. The lowest BCUT2D eigenvalue weighted by molar-refractivity contribution is 0.0779. The summed E-state index contributed by atoms with van der Waals surface area (Å²) >= 11 is 12.2. The van der Waals surface area contributed by atoms with Gasteiger partial charge in [-0.25, -0.2) is 4.98 Å². The van der Waals surface area contributed by atoms with Gasteiger partial charge in [0.25, 0.3) is 5.91 Å². The van der Waals surface area contributed by atoms with E-state index in [1.807, 2.05) is 36.4 Å². The minimum absolute atomic E-state index is 0.138. The summed E-state index contributed by atoms with van der Waals surface area (Å²) in [5.74, 6) is -0.138. The van der Waals surface area contributed by atoms with Gasteiger partial charge in [0.15, 0.2) is 0 Å². The van der Waals surface area contributed by atoms with Crippen molar-refractivity contribution in [3.05, 3.63) is 88.2 Å². The highest BCUT2D eigenvalue weighted by Gasteiger charge is 2.13. The Balaban J connectivity index is 1.68. The Hall–Kier alpha value is -2.56. The first-order chi connectivity index (χ1) is 12.5. The number of anilines is 2. The zero-order valence-electron chi connectivity index (χ0n) is 14.1. The van der Waals surface area contributed by atoms with Gasteiger partial charge >= 0.3 is 0 Å². The van der Waals surface area contributed by atoms with Crippen LogP contribution >= 0.6 is 23.2 Å². The van der Waals surface area contributed by atoms with Crippen molar-refractivity contribution in [3.63, 3.8) is 0 Å². The number of aromatic nitrogens is 1. The van der Waals surface area contributed by atoms with E-state index in [-0.39, 0.29) is 5.91 Å². The fourth-order valence-electron chi connectivity index (χ4n) is 2.47. The molecule has 0 aliphatic rings. The monoisotopic (exact) mass is 385 g/mol. The van der Waals surface area contributed by atoms with Gasteiger partial charge in [0.05, 0.1) is 27.6 Å². The lowest BCUT2D eigenvalue weighted by atomic mass is 10.2. The lowest BCUT2D eigenvalue weighted by Gasteiger charge is -2.17. The first-order valence-electron chi connectivity index (χ1n) is 8.01. The summed E-state index contributed by atoms with van der Waals surface area (Å²) in [6.07, 6.45) is 1.60. The van der Waals surface area contributed by atoms with Crippen molar-refractivity contribution in [2.24, 2.45) is 0 Å². The second-order valence-corrected chi connectivity index (χ2v) is 6.59. The average molecular weight is 386 g/mol. The molecule has 0 unspecified atom stereocenters. The molecule has 4 nitrogen and oxygen atoms in total. The summed E-state index contributed by atoms with van der Waals surface area (Å²) in [6, 6.07) is 18.6. The molecule has 3 rings (SSSR count). The SMILES string of the molecule is CN(Cc1ccccc1)C(=O)c1ccc(Nc2cccc(Cl)c2Cl)cn1. The predicted octanol–water partition coefficient (Wildman–Crippen LogP) is 5.40. The van der Waals surface area contributed by atoms with E-state index in [1.165, 1.54) is 0 Å². The number of hydrogen-bond donors (Lipinski definition) is 1. The first-order valence-corrected chi connectivity index (χ1v) is 8.76. The van der Waals surface area contributed by atoms with Gasteiger partial charge in [-0.2, -0.15) is 0 Å². The number of pyridine rings is 1. The third kappa shape index (κ3) is 4.34. The molecule has 26 heavy (non-hydrogen) atoms. The molecule has 132 valence electrons. The van der Waals surface area contributed by atoms with Crippen molar-refractivity contribution in [1.82, 2.24) is 9.88 Å². The zero-order valence-corrected chi connectivity index (χ0v) is 15.6. The summed E-state index contributed by atoms with van der Waals surface area (Å²) in [4.78, 5) is 18.4. The van der Waals surface area contributed by atoms with Gasteiger partial charge in [0.2, 0.25) is 0 Å². The summed E-state index contributed by atoms with van der Waals surface area (Å²) in [6.45, 7) is 0.527. The number of nitrogens with zero attached hydrogens (tertiary/aromatic N) is 2. The summed E-state index contributed by atoms with van der Waals surface area (Å²) in [5.41, 5.74) is 2.85. The third-order valence-corrected chi connectivity index (χ3v) is 4.64. The molecule has 2 aromatic carbocycles. The van der Waals surface area contributed by atoms with Crippen molar-refractivity contribution in [2.75, 3.05) is 12.4 Å². The first kappa shape index (κ1) is 18.2. The van der Waals surface area contributed by atoms with Gasteiger partial charge < -0.3 is 10.2 Å². The lowest BCUT2D eigenvalue weighted by Crippen LogP contribution is -2.26. The fraction of sp³-hybridized carbons (Fsp3) is 0.100. The number of carbonyl (C=O) groups is 1. The van der Waals surface area contributed by atoms with Crippen LogP contribution in [-0.4, -0.2) is 22.8 Å². The van der Waals surface area contributed by atoms with E-state index in [2.05, 4.69) is 10.3 Å². The molecule has 0 saturated carbocycles. The van der Waals surface area contributed by atoms with Gasteiger partial charge in [0, 0.05) is 13.6 Å². The Bertz CT molecular complexity index is 899. The van der Waals surface area contributed by atoms with Crippen LogP contribution in [0.3, 0.4) is 0 Å². The number of rotatable bonds is 5. The smallest absolute Gasteiger partial charge is 0.272 e. The molecule has 1 aromatic heterocycles. The topological polar surface area (TPSA) is 45.2 Å². The molecule has 0 saturated heterocycles. The number of nitrogens with one attached hydrogen (secondary N) is 1. The van der Waals surface area contributed by atoms with Crippen molar-refractivity contribution in [2.45, 2.75) is 6.54 Å². The van der Waals surface area contributed by atoms with Crippen LogP contribution in [0.5, 0.6) is 0 Å². The third-order valence-electron chi connectivity index (χ3n) is 3.82. The second-order valence-electron chi connectivity index (χ2n) is 5.81. The highest BCUT2D eigenvalue weighted by molar-refractivity contribution is 6.43. The normalized spacial score (nSPS) is 10.4. The molecule has 0 atom stereocenters. The second kappa shape index (κ2) is 8.21. The van der Waals surface area contributed by atoms with E-state index in [9.17, 15) is 4.79 Å². The van der Waals surface area contributed by atoms with E-state index >= 15 is 0 Å². The molecule has 0 spiro atoms. The molecule has 0 radical (unpaired) electrons. The summed E-state index contributed by atoms with van der Waals surface area (Å²) in [5, 5.41) is 4.06. The quantitative estimate of drug-likeness (QED) is 0.638. The van der Waals surface area contributed by atoms with E-state index in [4.69, 9.17) is 23.2 Å². The minimum Gasteiger partial charge on any atom is -0.353 e. The van der Waals surface area contributed by atoms with Gasteiger partial charge in [-0.1, -0.05) is 59.6 Å². The van der Waals surface area contributed by atoms with Crippen molar-refractivity contribution in [3.8, 4) is 0 Å². The molecular formula is C20H17Cl2N3O. The number of carbonyl (C=O) groups excluding carboxylic acids is 1. The molecule has 1 heterocycles. The summed E-state index contributed by atoms with van der Waals surface area (Å²) < 4.78 is 0. The highest BCUT2D eigenvalue weighted by Crippen LogP contribution is 2.31. The van der Waals surface area contributed by atoms with E-state index in [1.54, 1.807) is 42.4 Å². The van der Waals surface area contributed by atoms with Crippen molar-refractivity contribution in [1.29, 1.82) is 0 Å². The summed E-state index contributed by atoms with van der Waals surface area (Å²) in [7, 11) is 1.76. The molecule has 6 heteroatoms. The van der Waals surface area contributed by atoms with Crippen molar-refractivity contribution < 1.29 is 4.79 Å².